The molecule has 0 fully saturated rings. The van der Waals surface area contributed by atoms with Crippen molar-refractivity contribution in [3.8, 4) is 0 Å². The Balaban J connectivity index is 2.02. The van der Waals surface area contributed by atoms with Crippen LogP contribution < -0.4 is 5.32 Å². The van der Waals surface area contributed by atoms with E-state index in [1.165, 1.54) is 0 Å². The molecule has 5 heteroatoms. The predicted molar refractivity (Wildman–Crippen MR) is 65.1 cm³/mol. The number of carboxylic acids is 1. The molecule has 1 aromatic carbocycles. The quantitative estimate of drug-likeness (QED) is 0.738. The first-order chi connectivity index (χ1) is 8.75. The van der Waals surface area contributed by atoms with Crippen LogP contribution >= 0.6 is 0 Å². The molecule has 92 valence electrons. The highest BCUT2D eigenvalue weighted by atomic mass is 16.4. The highest BCUT2D eigenvalue weighted by Crippen LogP contribution is 2.28. The molecule has 0 radical (unpaired) electrons. The molecule has 18 heavy (non-hydrogen) atoms. The maximum Gasteiger partial charge on any atom is 0.321 e. The number of H-pyrrole nitrogens is 1. The molecule has 0 bridgehead atoms. The third kappa shape index (κ3) is 1.78. The number of carboxylic acid groups (broad SMARTS) is 1. The third-order valence-electron chi connectivity index (χ3n) is 3.23. The lowest BCUT2D eigenvalue weighted by atomic mass is 9.94. The van der Waals surface area contributed by atoms with Gasteiger partial charge < -0.3 is 10.1 Å². The van der Waals surface area contributed by atoms with E-state index >= 15 is 0 Å². The Morgan fingerprint density at radius 1 is 1.33 bits per heavy atom. The number of imidazole rings is 1. The second-order valence-corrected chi connectivity index (χ2v) is 4.37. The molecule has 2 aromatic rings. The molecule has 2 heterocycles. The van der Waals surface area contributed by atoms with Gasteiger partial charge in [0.25, 0.3) is 0 Å². The Bertz CT molecular complexity index is 565. The van der Waals surface area contributed by atoms with Crippen LogP contribution in [0.4, 0.5) is 0 Å². The molecule has 1 aromatic heterocycles. The topological polar surface area (TPSA) is 78.0 Å². The van der Waals surface area contributed by atoms with Crippen molar-refractivity contribution in [2.75, 3.05) is 0 Å². The van der Waals surface area contributed by atoms with Crippen LogP contribution in [0, 0.1) is 0 Å². The summed E-state index contributed by atoms with van der Waals surface area (Å²) in [6.07, 6.45) is 2.06. The van der Waals surface area contributed by atoms with Gasteiger partial charge >= 0.3 is 5.97 Å². The smallest absolute Gasteiger partial charge is 0.321 e. The van der Waals surface area contributed by atoms with Gasteiger partial charge in [0.1, 0.15) is 6.04 Å². The van der Waals surface area contributed by atoms with Crippen molar-refractivity contribution in [3.63, 3.8) is 0 Å². The number of aliphatic carboxylic acids is 1. The van der Waals surface area contributed by atoms with Crippen LogP contribution in [0.2, 0.25) is 0 Å². The molecular weight excluding hydrogens is 230 g/mol. The summed E-state index contributed by atoms with van der Waals surface area (Å²) in [5.41, 5.74) is 2.81. The summed E-state index contributed by atoms with van der Waals surface area (Å²) in [7, 11) is 0. The minimum atomic E-state index is -0.837. The number of aromatic nitrogens is 2. The van der Waals surface area contributed by atoms with Gasteiger partial charge in [-0.25, -0.2) is 4.98 Å². The molecule has 3 N–H and O–H groups in total. The second kappa shape index (κ2) is 4.27. The Morgan fingerprint density at radius 2 is 2.11 bits per heavy atom. The van der Waals surface area contributed by atoms with Gasteiger partial charge in [0.05, 0.1) is 18.1 Å². The molecule has 0 spiro atoms. The van der Waals surface area contributed by atoms with Crippen molar-refractivity contribution < 1.29 is 9.90 Å². The van der Waals surface area contributed by atoms with E-state index in [0.717, 1.165) is 17.0 Å². The molecule has 0 saturated carbocycles. The number of carbonyl (C=O) groups is 1. The summed E-state index contributed by atoms with van der Waals surface area (Å²) in [6.45, 7) is 0. The number of aromatic amines is 1. The number of hydrogen-bond donors (Lipinski definition) is 3. The number of benzene rings is 1. The number of hydrogen-bond acceptors (Lipinski definition) is 3. The zero-order valence-corrected chi connectivity index (χ0v) is 9.63. The third-order valence-corrected chi connectivity index (χ3v) is 3.23. The van der Waals surface area contributed by atoms with E-state index in [0.29, 0.717) is 6.42 Å². The average Bonchev–Trinajstić information content (AvgIpc) is 2.86. The first kappa shape index (κ1) is 11.0. The number of rotatable bonds is 2. The van der Waals surface area contributed by atoms with E-state index in [2.05, 4.69) is 15.3 Å². The van der Waals surface area contributed by atoms with Crippen LogP contribution in [0.25, 0.3) is 0 Å². The van der Waals surface area contributed by atoms with Gasteiger partial charge in [-0.2, -0.15) is 0 Å². The molecule has 5 nitrogen and oxygen atoms in total. The van der Waals surface area contributed by atoms with Crippen molar-refractivity contribution in [3.05, 3.63) is 53.6 Å². The van der Waals surface area contributed by atoms with Gasteiger partial charge in [0.2, 0.25) is 0 Å². The number of fused-ring (bicyclic) bond motifs is 1. The largest absolute Gasteiger partial charge is 0.480 e. The molecule has 1 unspecified atom stereocenters. The Kier molecular flexibility index (Phi) is 2.60. The Labute approximate surface area is 104 Å². The van der Waals surface area contributed by atoms with Crippen LogP contribution in [-0.2, 0) is 11.2 Å². The molecule has 0 aliphatic carbocycles. The monoisotopic (exact) mass is 243 g/mol. The van der Waals surface area contributed by atoms with E-state index in [-0.39, 0.29) is 6.04 Å². The fourth-order valence-electron chi connectivity index (χ4n) is 2.35. The lowest BCUT2D eigenvalue weighted by Crippen LogP contribution is -2.45. The van der Waals surface area contributed by atoms with Crippen LogP contribution in [0.1, 0.15) is 23.0 Å². The summed E-state index contributed by atoms with van der Waals surface area (Å²) in [4.78, 5) is 18.5. The van der Waals surface area contributed by atoms with Crippen LogP contribution in [0.15, 0.2) is 36.7 Å². The van der Waals surface area contributed by atoms with Crippen molar-refractivity contribution >= 4 is 5.97 Å². The Morgan fingerprint density at radius 3 is 2.83 bits per heavy atom. The maximum absolute atomic E-state index is 11.2. The summed E-state index contributed by atoms with van der Waals surface area (Å²) < 4.78 is 0. The van der Waals surface area contributed by atoms with Gasteiger partial charge in [-0.3, -0.25) is 10.1 Å². The Hall–Kier alpha value is -2.14. The molecule has 1 aliphatic heterocycles. The summed E-state index contributed by atoms with van der Waals surface area (Å²) >= 11 is 0. The molecular formula is C13H13N3O2. The summed E-state index contributed by atoms with van der Waals surface area (Å²) in [6, 6.07) is 9.01. The molecule has 1 aliphatic rings. The highest BCUT2D eigenvalue weighted by molar-refractivity contribution is 5.74. The van der Waals surface area contributed by atoms with E-state index in [1.54, 1.807) is 6.33 Å². The first-order valence-corrected chi connectivity index (χ1v) is 5.81. The fourth-order valence-corrected chi connectivity index (χ4v) is 2.35. The standard InChI is InChI=1S/C13H13N3O2/c17-13(18)10-6-9-12(15-7-14-9)11(16-10)8-4-2-1-3-5-8/h1-5,7,10-11,16H,6H2,(H,14,15)(H,17,18)/t10-,11?/m0/s1. The summed E-state index contributed by atoms with van der Waals surface area (Å²) in [5, 5.41) is 12.3. The van der Waals surface area contributed by atoms with Crippen molar-refractivity contribution in [1.82, 2.24) is 15.3 Å². The maximum atomic E-state index is 11.2. The molecule has 0 amide bonds. The van der Waals surface area contributed by atoms with Gasteiger partial charge in [-0.15, -0.1) is 0 Å². The normalized spacial score (nSPS) is 22.4. The first-order valence-electron chi connectivity index (χ1n) is 5.81. The predicted octanol–water partition coefficient (Wildman–Crippen LogP) is 1.10. The summed E-state index contributed by atoms with van der Waals surface area (Å²) in [5.74, 6) is -0.837. The van der Waals surface area contributed by atoms with E-state index in [9.17, 15) is 4.79 Å². The van der Waals surface area contributed by atoms with E-state index < -0.39 is 12.0 Å². The van der Waals surface area contributed by atoms with Gasteiger partial charge in [-0.05, 0) is 5.56 Å². The molecule has 3 rings (SSSR count). The van der Waals surface area contributed by atoms with Crippen molar-refractivity contribution in [2.45, 2.75) is 18.5 Å². The van der Waals surface area contributed by atoms with Crippen LogP contribution in [-0.4, -0.2) is 27.1 Å². The van der Waals surface area contributed by atoms with Gasteiger partial charge in [-0.1, -0.05) is 30.3 Å². The minimum absolute atomic E-state index is 0.165. The van der Waals surface area contributed by atoms with E-state index in [1.807, 2.05) is 30.3 Å². The number of nitrogens with zero attached hydrogens (tertiary/aromatic N) is 1. The average molecular weight is 243 g/mol. The van der Waals surface area contributed by atoms with Gasteiger partial charge in [0, 0.05) is 12.1 Å². The lowest BCUT2D eigenvalue weighted by molar-refractivity contribution is -0.139. The second-order valence-electron chi connectivity index (χ2n) is 4.37. The number of nitrogens with one attached hydrogen (secondary N) is 2. The fraction of sp³-hybridized carbons (Fsp3) is 0.231. The van der Waals surface area contributed by atoms with Crippen LogP contribution in [0.5, 0.6) is 0 Å². The molecule has 2 atom stereocenters. The zero-order valence-electron chi connectivity index (χ0n) is 9.63. The lowest BCUT2D eigenvalue weighted by Gasteiger charge is -2.28. The van der Waals surface area contributed by atoms with Crippen molar-refractivity contribution in [2.24, 2.45) is 0 Å². The molecule has 0 saturated heterocycles. The van der Waals surface area contributed by atoms with E-state index in [4.69, 9.17) is 5.11 Å². The van der Waals surface area contributed by atoms with Crippen LogP contribution in [0.3, 0.4) is 0 Å². The van der Waals surface area contributed by atoms with Crippen molar-refractivity contribution in [1.29, 1.82) is 0 Å². The highest BCUT2D eigenvalue weighted by Gasteiger charge is 2.32. The van der Waals surface area contributed by atoms with Gasteiger partial charge in [0.15, 0.2) is 0 Å². The minimum Gasteiger partial charge on any atom is -0.480 e. The SMILES string of the molecule is O=C(O)[C@@H]1Cc2[nH]cnc2C(c2ccccc2)N1. The zero-order chi connectivity index (χ0) is 12.5.